The summed E-state index contributed by atoms with van der Waals surface area (Å²) in [4.78, 5) is 24.6. The third-order valence-corrected chi connectivity index (χ3v) is 8.42. The number of halogens is 1. The number of fused-ring (bicyclic) bond motifs is 2. The summed E-state index contributed by atoms with van der Waals surface area (Å²) in [5.41, 5.74) is 7.24. The highest BCUT2D eigenvalue weighted by Gasteiger charge is 2.16. The monoisotopic (exact) mass is 610 g/mol. The van der Waals surface area contributed by atoms with E-state index in [2.05, 4.69) is 30.5 Å². The van der Waals surface area contributed by atoms with Crippen LogP contribution in [0.5, 0.6) is 0 Å². The Morgan fingerprint density at radius 1 is 0.932 bits per heavy atom. The third-order valence-electron chi connectivity index (χ3n) is 7.47. The highest BCUT2D eigenvalue weighted by molar-refractivity contribution is 7.90. The van der Waals surface area contributed by atoms with E-state index in [0.29, 0.717) is 34.6 Å². The van der Waals surface area contributed by atoms with Crippen molar-refractivity contribution >= 4 is 43.2 Å². The molecule has 4 aromatic heterocycles. The highest BCUT2D eigenvalue weighted by atomic mass is 32.2. The second-order valence-electron chi connectivity index (χ2n) is 11.0. The fraction of sp³-hybridized carbons (Fsp3) is 0.212. The zero-order valence-electron chi connectivity index (χ0n) is 24.3. The highest BCUT2D eigenvalue weighted by Crippen LogP contribution is 2.35. The Morgan fingerprint density at radius 3 is 2.59 bits per heavy atom. The van der Waals surface area contributed by atoms with Gasteiger partial charge in [-0.05, 0) is 72.5 Å². The molecule has 6 rings (SSSR count). The van der Waals surface area contributed by atoms with Gasteiger partial charge in [0, 0.05) is 52.5 Å². The minimum absolute atomic E-state index is 0.0330. The van der Waals surface area contributed by atoms with Gasteiger partial charge in [-0.25, -0.2) is 12.8 Å². The fourth-order valence-electron chi connectivity index (χ4n) is 5.27. The van der Waals surface area contributed by atoms with Crippen molar-refractivity contribution in [2.24, 2.45) is 0 Å². The zero-order valence-corrected chi connectivity index (χ0v) is 25.1. The predicted molar refractivity (Wildman–Crippen MR) is 171 cm³/mol. The normalized spacial score (nSPS) is 11.8. The lowest BCUT2D eigenvalue weighted by Crippen LogP contribution is -2.11. The molecule has 0 radical (unpaired) electrons. The molecule has 0 spiro atoms. The van der Waals surface area contributed by atoms with E-state index in [0.717, 1.165) is 51.5 Å². The number of unbranched alkanes of at least 4 members (excludes halogenated alkanes) is 1. The summed E-state index contributed by atoms with van der Waals surface area (Å²) in [6.07, 6.45) is 8.68. The van der Waals surface area contributed by atoms with Crippen molar-refractivity contribution in [3.05, 3.63) is 84.6 Å². The van der Waals surface area contributed by atoms with Gasteiger partial charge >= 0.3 is 0 Å². The maximum Gasteiger partial charge on any atom is 0.224 e. The summed E-state index contributed by atoms with van der Waals surface area (Å²) >= 11 is 0. The van der Waals surface area contributed by atoms with Crippen molar-refractivity contribution < 1.29 is 17.6 Å². The molecule has 3 N–H and O–H groups in total. The Hall–Kier alpha value is -4.90. The van der Waals surface area contributed by atoms with Gasteiger partial charge in [0.1, 0.15) is 21.3 Å². The Kier molecular flexibility index (Phi) is 7.96. The number of H-pyrrole nitrogens is 2. The van der Waals surface area contributed by atoms with Crippen LogP contribution in [-0.2, 0) is 21.1 Å². The number of nitrogens with one attached hydrogen (secondary N) is 3. The molecule has 0 bridgehead atoms. The van der Waals surface area contributed by atoms with Gasteiger partial charge in [-0.1, -0.05) is 19.4 Å². The molecule has 11 heteroatoms. The van der Waals surface area contributed by atoms with Gasteiger partial charge in [0.2, 0.25) is 5.91 Å². The number of pyridine rings is 2. The molecule has 0 aliphatic carbocycles. The van der Waals surface area contributed by atoms with Gasteiger partial charge in [0.25, 0.3) is 0 Å². The molecule has 224 valence electrons. The number of aromatic nitrogens is 5. The number of anilines is 1. The molecular weight excluding hydrogens is 579 g/mol. The molecule has 0 aliphatic rings. The standard InChI is InChI=1S/C33H31FN6O3S/c1-3-4-5-31(41)37-25-15-23(18-35-19-25)21-6-7-29-26(16-21)33(40-39-29)30-17-27-28(38-30)8-10-36-32(27)22-12-20(13-24(34)14-22)9-11-44(2,42)43/h6-8,10,12-19,38H,3-5,9,11H2,1-2H3,(H,37,41)(H,39,40). The lowest BCUT2D eigenvalue weighted by atomic mass is 10.0. The van der Waals surface area contributed by atoms with Crippen LogP contribution in [0, 0.1) is 5.82 Å². The third kappa shape index (κ3) is 6.37. The fourth-order valence-corrected chi connectivity index (χ4v) is 5.88. The molecule has 9 nitrogen and oxygen atoms in total. The Labute approximate surface area is 253 Å². The number of rotatable bonds is 10. The Morgan fingerprint density at radius 2 is 1.77 bits per heavy atom. The SMILES string of the molecule is CCCCC(=O)Nc1cncc(-c2ccc3[nH]nc(-c4cc5c(-c6cc(F)cc(CCS(C)(=O)=O)c6)nccc5[nH]4)c3c2)c1. The number of amides is 1. The van der Waals surface area contributed by atoms with Crippen molar-refractivity contribution in [3.8, 4) is 33.8 Å². The lowest BCUT2D eigenvalue weighted by Gasteiger charge is -2.07. The van der Waals surface area contributed by atoms with E-state index in [1.54, 1.807) is 24.7 Å². The van der Waals surface area contributed by atoms with Crippen molar-refractivity contribution in [2.75, 3.05) is 17.3 Å². The number of carbonyl (C=O) groups is 1. The minimum Gasteiger partial charge on any atom is -0.353 e. The first-order chi connectivity index (χ1) is 21.2. The first-order valence-electron chi connectivity index (χ1n) is 14.4. The summed E-state index contributed by atoms with van der Waals surface area (Å²) in [5.74, 6) is -0.552. The van der Waals surface area contributed by atoms with Crippen LogP contribution in [0.1, 0.15) is 31.7 Å². The minimum atomic E-state index is -3.19. The molecule has 0 atom stereocenters. The quantitative estimate of drug-likeness (QED) is 0.158. The van der Waals surface area contributed by atoms with Crippen LogP contribution in [0.25, 0.3) is 55.6 Å². The van der Waals surface area contributed by atoms with E-state index in [1.807, 2.05) is 43.3 Å². The van der Waals surface area contributed by atoms with Crippen LogP contribution in [-0.4, -0.2) is 51.5 Å². The van der Waals surface area contributed by atoms with Gasteiger partial charge in [0.05, 0.1) is 34.5 Å². The molecule has 44 heavy (non-hydrogen) atoms. The summed E-state index contributed by atoms with van der Waals surface area (Å²) in [6, 6.07) is 16.2. The summed E-state index contributed by atoms with van der Waals surface area (Å²) in [6.45, 7) is 2.05. The second kappa shape index (κ2) is 12.0. The first kappa shape index (κ1) is 29.2. The number of aryl methyl sites for hydroxylation is 1. The van der Waals surface area contributed by atoms with E-state index < -0.39 is 15.7 Å². The molecule has 0 unspecified atom stereocenters. The van der Waals surface area contributed by atoms with E-state index in [1.165, 1.54) is 18.4 Å². The van der Waals surface area contributed by atoms with Gasteiger partial charge < -0.3 is 10.3 Å². The van der Waals surface area contributed by atoms with Crippen LogP contribution < -0.4 is 5.32 Å². The molecule has 0 aliphatic heterocycles. The number of hydrogen-bond acceptors (Lipinski definition) is 6. The first-order valence-corrected chi connectivity index (χ1v) is 16.4. The van der Waals surface area contributed by atoms with E-state index in [4.69, 9.17) is 0 Å². The average molecular weight is 611 g/mol. The Balaban J connectivity index is 1.35. The number of nitrogens with zero attached hydrogens (tertiary/aromatic N) is 3. The molecule has 4 heterocycles. The van der Waals surface area contributed by atoms with E-state index >= 15 is 0 Å². The summed E-state index contributed by atoms with van der Waals surface area (Å²) in [5, 5.41) is 12.3. The largest absolute Gasteiger partial charge is 0.353 e. The number of carbonyl (C=O) groups excluding carboxylic acids is 1. The maximum absolute atomic E-state index is 14.6. The Bertz CT molecular complexity index is 2120. The number of hydrogen-bond donors (Lipinski definition) is 3. The predicted octanol–water partition coefficient (Wildman–Crippen LogP) is 6.69. The lowest BCUT2D eigenvalue weighted by molar-refractivity contribution is -0.116. The summed E-state index contributed by atoms with van der Waals surface area (Å²) in [7, 11) is -3.19. The molecule has 2 aromatic carbocycles. The van der Waals surface area contributed by atoms with Crippen LogP contribution >= 0.6 is 0 Å². The second-order valence-corrected chi connectivity index (χ2v) is 13.2. The average Bonchev–Trinajstić information content (AvgIpc) is 3.62. The van der Waals surface area contributed by atoms with Gasteiger partial charge in [-0.15, -0.1) is 0 Å². The smallest absolute Gasteiger partial charge is 0.224 e. The number of sulfone groups is 1. The number of aromatic amines is 2. The van der Waals surface area contributed by atoms with Crippen molar-refractivity contribution in [2.45, 2.75) is 32.6 Å². The van der Waals surface area contributed by atoms with Gasteiger partial charge in [-0.3, -0.25) is 19.9 Å². The topological polar surface area (TPSA) is 133 Å². The molecule has 1 amide bonds. The molecule has 6 aromatic rings. The van der Waals surface area contributed by atoms with Gasteiger partial charge in [-0.2, -0.15) is 5.10 Å². The zero-order chi connectivity index (χ0) is 30.8. The van der Waals surface area contributed by atoms with Crippen molar-refractivity contribution in [1.82, 2.24) is 25.1 Å². The molecular formula is C33H31FN6O3S. The van der Waals surface area contributed by atoms with Crippen molar-refractivity contribution in [1.29, 1.82) is 0 Å². The molecule has 0 saturated heterocycles. The molecule has 0 fully saturated rings. The summed E-state index contributed by atoms with van der Waals surface area (Å²) < 4.78 is 38.0. The van der Waals surface area contributed by atoms with Crippen LogP contribution in [0.3, 0.4) is 0 Å². The van der Waals surface area contributed by atoms with Crippen LogP contribution in [0.2, 0.25) is 0 Å². The molecule has 0 saturated carbocycles. The van der Waals surface area contributed by atoms with Crippen molar-refractivity contribution in [3.63, 3.8) is 0 Å². The maximum atomic E-state index is 14.6. The van der Waals surface area contributed by atoms with E-state index in [-0.39, 0.29) is 18.1 Å². The van der Waals surface area contributed by atoms with Crippen LogP contribution in [0.15, 0.2) is 73.2 Å². The van der Waals surface area contributed by atoms with Crippen LogP contribution in [0.4, 0.5) is 10.1 Å². The number of benzene rings is 2. The van der Waals surface area contributed by atoms with E-state index in [9.17, 15) is 17.6 Å². The van der Waals surface area contributed by atoms with Gasteiger partial charge in [0.15, 0.2) is 0 Å².